The van der Waals surface area contributed by atoms with Crippen LogP contribution in [0.3, 0.4) is 0 Å². The number of aryl methyl sites for hydroxylation is 2. The van der Waals surface area contributed by atoms with Gasteiger partial charge >= 0.3 is 0 Å². The number of pyridine rings is 1. The lowest BCUT2D eigenvalue weighted by Crippen LogP contribution is -2.18. The van der Waals surface area contributed by atoms with Crippen molar-refractivity contribution in [1.82, 2.24) is 4.68 Å². The van der Waals surface area contributed by atoms with E-state index < -0.39 is 0 Å². The van der Waals surface area contributed by atoms with Crippen LogP contribution in [0, 0.1) is 13.8 Å². The molecule has 4 heteroatoms. The van der Waals surface area contributed by atoms with E-state index in [0.717, 1.165) is 11.3 Å². The Labute approximate surface area is 105 Å². The number of aromatic nitrogens is 1. The summed E-state index contributed by atoms with van der Waals surface area (Å²) in [4.78, 5) is 11.8. The first-order chi connectivity index (χ1) is 8.58. The normalized spacial score (nSPS) is 11.0. The molecule has 0 saturated carbocycles. The van der Waals surface area contributed by atoms with Gasteiger partial charge in [-0.2, -0.15) is 5.10 Å². The van der Waals surface area contributed by atoms with Crippen LogP contribution in [0.15, 0.2) is 46.3 Å². The minimum atomic E-state index is -0.181. The summed E-state index contributed by atoms with van der Waals surface area (Å²) in [5.74, 6) is 0.138. The van der Waals surface area contributed by atoms with Crippen molar-refractivity contribution in [2.45, 2.75) is 13.8 Å². The van der Waals surface area contributed by atoms with Gasteiger partial charge in [-0.15, -0.1) is 0 Å². The Morgan fingerprint density at radius 2 is 1.94 bits per heavy atom. The number of phenolic OH excluding ortho intramolecular Hbond substituents is 1. The standard InChI is InChI=1S/C14H14N2O2/c1-10-7-11(2)16(14(18)8-10)15-9-12-5-3-4-6-13(12)17/h3-9,17H,1-2H3/b15-9+. The minimum Gasteiger partial charge on any atom is -0.507 e. The van der Waals surface area contributed by atoms with Gasteiger partial charge in [0.2, 0.25) is 0 Å². The number of hydrogen-bond acceptors (Lipinski definition) is 3. The van der Waals surface area contributed by atoms with Gasteiger partial charge < -0.3 is 5.11 Å². The molecule has 0 spiro atoms. The Balaban J connectivity index is 2.42. The van der Waals surface area contributed by atoms with E-state index in [2.05, 4.69) is 5.10 Å². The maximum atomic E-state index is 11.8. The van der Waals surface area contributed by atoms with Gasteiger partial charge in [0.25, 0.3) is 5.56 Å². The first-order valence-corrected chi connectivity index (χ1v) is 5.60. The highest BCUT2D eigenvalue weighted by Gasteiger charge is 2.00. The van der Waals surface area contributed by atoms with Crippen molar-refractivity contribution in [3.05, 3.63) is 63.6 Å². The summed E-state index contributed by atoms with van der Waals surface area (Å²) < 4.78 is 1.30. The van der Waals surface area contributed by atoms with Crippen LogP contribution in [0.4, 0.5) is 0 Å². The largest absolute Gasteiger partial charge is 0.507 e. The Morgan fingerprint density at radius 3 is 2.61 bits per heavy atom. The zero-order valence-electron chi connectivity index (χ0n) is 10.3. The highest BCUT2D eigenvalue weighted by molar-refractivity contribution is 5.83. The van der Waals surface area contributed by atoms with Crippen LogP contribution < -0.4 is 5.56 Å². The van der Waals surface area contributed by atoms with Gasteiger partial charge in [0.15, 0.2) is 0 Å². The zero-order valence-corrected chi connectivity index (χ0v) is 10.3. The van der Waals surface area contributed by atoms with Gasteiger partial charge in [-0.05, 0) is 37.6 Å². The summed E-state index contributed by atoms with van der Waals surface area (Å²) in [6, 6.07) is 10.2. The number of para-hydroxylation sites is 1. The van der Waals surface area contributed by atoms with Crippen molar-refractivity contribution >= 4 is 6.21 Å². The van der Waals surface area contributed by atoms with E-state index in [1.165, 1.54) is 17.0 Å². The van der Waals surface area contributed by atoms with E-state index in [-0.39, 0.29) is 11.3 Å². The molecule has 0 atom stereocenters. The highest BCUT2D eigenvalue weighted by atomic mass is 16.3. The predicted octanol–water partition coefficient (Wildman–Crippen LogP) is 2.05. The van der Waals surface area contributed by atoms with Gasteiger partial charge in [-0.1, -0.05) is 12.1 Å². The third-order valence-corrected chi connectivity index (χ3v) is 2.58. The third-order valence-electron chi connectivity index (χ3n) is 2.58. The fourth-order valence-corrected chi connectivity index (χ4v) is 1.73. The molecule has 0 fully saturated rings. The van der Waals surface area contributed by atoms with Crippen LogP contribution in [0.25, 0.3) is 0 Å². The summed E-state index contributed by atoms with van der Waals surface area (Å²) in [6.45, 7) is 3.68. The average Bonchev–Trinajstić information content (AvgIpc) is 2.30. The molecule has 0 aliphatic heterocycles. The molecule has 1 aromatic carbocycles. The number of hydrogen-bond donors (Lipinski definition) is 1. The topological polar surface area (TPSA) is 54.6 Å². The summed E-state index contributed by atoms with van der Waals surface area (Å²) >= 11 is 0. The Bertz CT molecular complexity index is 657. The summed E-state index contributed by atoms with van der Waals surface area (Å²) in [6.07, 6.45) is 1.47. The molecule has 0 bridgehead atoms. The first-order valence-electron chi connectivity index (χ1n) is 5.60. The third kappa shape index (κ3) is 2.48. The SMILES string of the molecule is Cc1cc(C)n(/N=C/c2ccccc2O)c(=O)c1. The lowest BCUT2D eigenvalue weighted by atomic mass is 10.2. The van der Waals surface area contributed by atoms with Crippen LogP contribution in [-0.2, 0) is 0 Å². The Morgan fingerprint density at radius 1 is 1.22 bits per heavy atom. The maximum absolute atomic E-state index is 11.8. The second kappa shape index (κ2) is 4.87. The molecule has 92 valence electrons. The smallest absolute Gasteiger partial charge is 0.271 e. The fraction of sp³-hybridized carbons (Fsp3) is 0.143. The molecule has 18 heavy (non-hydrogen) atoms. The van der Waals surface area contributed by atoms with Crippen molar-refractivity contribution < 1.29 is 5.11 Å². The van der Waals surface area contributed by atoms with Gasteiger partial charge in [0, 0.05) is 17.3 Å². The Hall–Kier alpha value is -2.36. The number of aromatic hydroxyl groups is 1. The van der Waals surface area contributed by atoms with E-state index in [0.29, 0.717) is 5.56 Å². The molecule has 0 unspecified atom stereocenters. The van der Waals surface area contributed by atoms with Crippen molar-refractivity contribution in [3.8, 4) is 5.75 Å². The molecular formula is C14H14N2O2. The Kier molecular flexibility index (Phi) is 3.28. The molecule has 4 nitrogen and oxygen atoms in total. The second-order valence-electron chi connectivity index (χ2n) is 4.13. The monoisotopic (exact) mass is 242 g/mol. The van der Waals surface area contributed by atoms with Gasteiger partial charge in [0.1, 0.15) is 5.75 Å². The van der Waals surface area contributed by atoms with E-state index in [9.17, 15) is 9.90 Å². The molecule has 1 N–H and O–H groups in total. The average molecular weight is 242 g/mol. The number of benzene rings is 1. The van der Waals surface area contributed by atoms with E-state index in [1.807, 2.05) is 19.9 Å². The quantitative estimate of drug-likeness (QED) is 0.819. The van der Waals surface area contributed by atoms with Crippen LogP contribution in [0.2, 0.25) is 0 Å². The van der Waals surface area contributed by atoms with Gasteiger partial charge in [-0.3, -0.25) is 4.79 Å². The number of rotatable bonds is 2. The molecule has 0 amide bonds. The molecular weight excluding hydrogens is 228 g/mol. The van der Waals surface area contributed by atoms with Crippen LogP contribution >= 0.6 is 0 Å². The van der Waals surface area contributed by atoms with Crippen LogP contribution in [-0.4, -0.2) is 16.0 Å². The lowest BCUT2D eigenvalue weighted by molar-refractivity contribution is 0.474. The summed E-state index contributed by atoms with van der Waals surface area (Å²) in [5.41, 5.74) is 2.06. The minimum absolute atomic E-state index is 0.138. The first kappa shape index (κ1) is 12.1. The van der Waals surface area contributed by atoms with Crippen molar-refractivity contribution in [2.24, 2.45) is 5.10 Å². The second-order valence-corrected chi connectivity index (χ2v) is 4.13. The fourth-order valence-electron chi connectivity index (χ4n) is 1.73. The maximum Gasteiger partial charge on any atom is 0.271 e. The molecule has 1 heterocycles. The molecule has 0 saturated heterocycles. The zero-order chi connectivity index (χ0) is 13.1. The molecule has 0 radical (unpaired) electrons. The van der Waals surface area contributed by atoms with Crippen molar-refractivity contribution in [3.63, 3.8) is 0 Å². The molecule has 2 rings (SSSR count). The lowest BCUT2D eigenvalue weighted by Gasteiger charge is -2.04. The van der Waals surface area contributed by atoms with Gasteiger partial charge in [0.05, 0.1) is 6.21 Å². The molecule has 2 aromatic rings. The van der Waals surface area contributed by atoms with Gasteiger partial charge in [-0.25, -0.2) is 4.68 Å². The predicted molar refractivity (Wildman–Crippen MR) is 71.3 cm³/mol. The van der Waals surface area contributed by atoms with E-state index in [4.69, 9.17) is 0 Å². The highest BCUT2D eigenvalue weighted by Crippen LogP contribution is 2.12. The van der Waals surface area contributed by atoms with Crippen molar-refractivity contribution in [2.75, 3.05) is 0 Å². The molecule has 1 aromatic heterocycles. The summed E-state index contributed by atoms with van der Waals surface area (Å²) in [5, 5.41) is 13.7. The van der Waals surface area contributed by atoms with Crippen molar-refractivity contribution in [1.29, 1.82) is 0 Å². The molecule has 0 aliphatic rings. The van der Waals surface area contributed by atoms with E-state index >= 15 is 0 Å². The molecule has 0 aliphatic carbocycles. The number of nitrogens with zero attached hydrogens (tertiary/aromatic N) is 2. The number of phenols is 1. The van der Waals surface area contributed by atoms with Crippen LogP contribution in [0.1, 0.15) is 16.8 Å². The van der Waals surface area contributed by atoms with E-state index in [1.54, 1.807) is 24.3 Å². The van der Waals surface area contributed by atoms with Crippen LogP contribution in [0.5, 0.6) is 5.75 Å². The summed E-state index contributed by atoms with van der Waals surface area (Å²) in [7, 11) is 0.